The van der Waals surface area contributed by atoms with Crippen molar-refractivity contribution in [2.24, 2.45) is 0 Å². The van der Waals surface area contributed by atoms with Crippen molar-refractivity contribution in [1.29, 1.82) is 0 Å². The number of halogens is 1. The molecule has 12 heteroatoms. The molecule has 0 spiro atoms. The number of phenols is 2. The zero-order chi connectivity index (χ0) is 35.3. The average molecular weight is 705 g/mol. The van der Waals surface area contributed by atoms with Crippen LogP contribution in [0.4, 0.5) is 5.69 Å². The van der Waals surface area contributed by atoms with Crippen LogP contribution in [0.25, 0.3) is 10.9 Å². The molecule has 0 unspecified atom stereocenters. The Kier molecular flexibility index (Phi) is 11.2. The summed E-state index contributed by atoms with van der Waals surface area (Å²) in [6, 6.07) is 30.4. The highest BCUT2D eigenvalue weighted by atomic mass is 35.5. The molecule has 1 fully saturated rings. The molecule has 0 bridgehead atoms. The molecule has 4 aromatic carbocycles. The number of amides is 1. The number of aromatic nitrogens is 1. The molecular weight excluding hydrogens is 664 g/mol. The van der Waals surface area contributed by atoms with E-state index in [4.69, 9.17) is 16.2 Å². The summed E-state index contributed by atoms with van der Waals surface area (Å²) in [6.07, 6.45) is 0.715. The summed E-state index contributed by atoms with van der Waals surface area (Å²) in [6.45, 7) is 3.92. The standard InChI is InChI=1S/C36H37ClN4O3.CH4O3S/c1-38(2)19-24-41-31-9-5-3-7-29(31)34(33(25-11-15-27(42)16-12-25)26-13-17-28(43)18-14-26)35(41)36(44)40-22-20-39(21-23-40)32-10-6-4-8-30(32)37;1-5(2,3)4/h3-18,33,42-43H,19-24H2,1-2H3;1H3,(H,2,3,4). The van der Waals surface area contributed by atoms with Gasteiger partial charge in [-0.1, -0.05) is 66.2 Å². The van der Waals surface area contributed by atoms with Gasteiger partial charge in [0.25, 0.3) is 16.0 Å². The Morgan fingerprint density at radius 1 is 0.816 bits per heavy atom. The van der Waals surface area contributed by atoms with Crippen molar-refractivity contribution in [3.63, 3.8) is 0 Å². The number of carbonyl (C=O) groups excluding carboxylic acids is 1. The number of benzene rings is 4. The predicted octanol–water partition coefficient (Wildman–Crippen LogP) is 5.91. The summed E-state index contributed by atoms with van der Waals surface area (Å²) < 4.78 is 28.0. The zero-order valence-corrected chi connectivity index (χ0v) is 29.3. The van der Waals surface area contributed by atoms with Crippen molar-refractivity contribution in [1.82, 2.24) is 14.4 Å². The lowest BCUT2D eigenvalue weighted by molar-refractivity contribution is 0.0734. The van der Waals surface area contributed by atoms with Gasteiger partial charge in [-0.05, 0) is 67.7 Å². The maximum Gasteiger partial charge on any atom is 0.270 e. The highest BCUT2D eigenvalue weighted by Gasteiger charge is 2.33. The van der Waals surface area contributed by atoms with Crippen LogP contribution >= 0.6 is 11.6 Å². The van der Waals surface area contributed by atoms with E-state index in [-0.39, 0.29) is 23.3 Å². The molecule has 0 saturated carbocycles. The van der Waals surface area contributed by atoms with Gasteiger partial charge in [0, 0.05) is 61.7 Å². The number of likely N-dealkylation sites (N-methyl/N-ethyl adjacent to an activating group) is 1. The average Bonchev–Trinajstić information content (AvgIpc) is 3.38. The second-order valence-electron chi connectivity index (χ2n) is 12.3. The number of phenolic OH excluding ortho intramolecular Hbond substituents is 2. The molecule has 1 aliphatic heterocycles. The van der Waals surface area contributed by atoms with Gasteiger partial charge in [-0.3, -0.25) is 9.35 Å². The predicted molar refractivity (Wildman–Crippen MR) is 195 cm³/mol. The van der Waals surface area contributed by atoms with E-state index in [1.165, 1.54) is 0 Å². The Labute approximate surface area is 292 Å². The summed E-state index contributed by atoms with van der Waals surface area (Å²) in [5.74, 6) is 0.0417. The Balaban J connectivity index is 0.000000874. The quantitative estimate of drug-likeness (QED) is 0.170. The van der Waals surface area contributed by atoms with Crippen LogP contribution in [0.3, 0.4) is 0 Å². The van der Waals surface area contributed by atoms with Crippen molar-refractivity contribution in [2.75, 3.05) is 58.0 Å². The SMILES string of the molecule is CN(C)CCn1c(C(=O)N2CCN(c3ccccc3Cl)CC2)c(C(c2ccc(O)cc2)c2ccc(O)cc2)c2ccccc21.CS(=O)(=O)O. The van der Waals surface area contributed by atoms with E-state index < -0.39 is 10.1 Å². The van der Waals surface area contributed by atoms with Gasteiger partial charge >= 0.3 is 0 Å². The van der Waals surface area contributed by atoms with Gasteiger partial charge in [0.05, 0.1) is 17.0 Å². The van der Waals surface area contributed by atoms with Crippen LogP contribution in [0.1, 0.15) is 33.1 Å². The van der Waals surface area contributed by atoms with E-state index in [2.05, 4.69) is 26.5 Å². The molecule has 5 aromatic rings. The highest BCUT2D eigenvalue weighted by Crippen LogP contribution is 2.41. The maximum atomic E-state index is 14.8. The first kappa shape index (κ1) is 35.7. The third-order valence-corrected chi connectivity index (χ3v) is 8.80. The molecule has 49 heavy (non-hydrogen) atoms. The lowest BCUT2D eigenvalue weighted by Crippen LogP contribution is -2.49. The number of anilines is 1. The topological polar surface area (TPSA) is 127 Å². The summed E-state index contributed by atoms with van der Waals surface area (Å²) in [7, 11) is 0.412. The normalized spacial score (nSPS) is 13.5. The minimum Gasteiger partial charge on any atom is -0.508 e. The number of hydrogen-bond acceptors (Lipinski definition) is 7. The lowest BCUT2D eigenvalue weighted by atomic mass is 9.83. The Hall–Kier alpha value is -4.55. The molecule has 1 saturated heterocycles. The van der Waals surface area contributed by atoms with E-state index in [1.54, 1.807) is 24.3 Å². The highest BCUT2D eigenvalue weighted by molar-refractivity contribution is 7.85. The molecule has 258 valence electrons. The number of hydrogen-bond donors (Lipinski definition) is 3. The summed E-state index contributed by atoms with van der Waals surface area (Å²) >= 11 is 6.51. The number of carbonyl (C=O) groups is 1. The van der Waals surface area contributed by atoms with Crippen molar-refractivity contribution in [2.45, 2.75) is 12.5 Å². The fourth-order valence-corrected chi connectivity index (χ4v) is 6.51. The molecule has 1 aliphatic rings. The van der Waals surface area contributed by atoms with Crippen LogP contribution in [0.2, 0.25) is 5.02 Å². The lowest BCUT2D eigenvalue weighted by Gasteiger charge is -2.37. The summed E-state index contributed by atoms with van der Waals surface area (Å²) in [4.78, 5) is 21.1. The monoisotopic (exact) mass is 704 g/mol. The Bertz CT molecular complexity index is 1950. The van der Waals surface area contributed by atoms with Gasteiger partial charge < -0.3 is 29.5 Å². The minimum atomic E-state index is -3.67. The number of aromatic hydroxyl groups is 2. The second kappa shape index (κ2) is 15.3. The van der Waals surface area contributed by atoms with Gasteiger partial charge in [-0.2, -0.15) is 8.42 Å². The molecule has 0 aliphatic carbocycles. The molecule has 2 heterocycles. The van der Waals surface area contributed by atoms with Crippen molar-refractivity contribution < 1.29 is 28.0 Å². The van der Waals surface area contributed by atoms with Gasteiger partial charge in [0.15, 0.2) is 0 Å². The first-order chi connectivity index (χ1) is 23.3. The third kappa shape index (κ3) is 8.73. The van der Waals surface area contributed by atoms with Crippen LogP contribution < -0.4 is 4.90 Å². The Morgan fingerprint density at radius 3 is 1.86 bits per heavy atom. The van der Waals surface area contributed by atoms with Crippen LogP contribution in [0.15, 0.2) is 97.1 Å². The first-order valence-electron chi connectivity index (χ1n) is 15.9. The second-order valence-corrected chi connectivity index (χ2v) is 14.2. The molecule has 6 rings (SSSR count). The zero-order valence-electron chi connectivity index (χ0n) is 27.7. The number of nitrogens with zero attached hydrogens (tertiary/aromatic N) is 4. The van der Waals surface area contributed by atoms with E-state index in [0.29, 0.717) is 49.7 Å². The number of rotatable bonds is 8. The fourth-order valence-electron chi connectivity index (χ4n) is 6.25. The first-order valence-corrected chi connectivity index (χ1v) is 18.1. The van der Waals surface area contributed by atoms with Crippen LogP contribution in [-0.2, 0) is 16.7 Å². The fraction of sp³-hybridized carbons (Fsp3) is 0.270. The minimum absolute atomic E-state index is 0.00341. The molecule has 0 atom stereocenters. The van der Waals surface area contributed by atoms with Gasteiger partial charge in [0.1, 0.15) is 17.2 Å². The van der Waals surface area contributed by atoms with E-state index in [0.717, 1.165) is 39.8 Å². The van der Waals surface area contributed by atoms with E-state index in [9.17, 15) is 23.4 Å². The van der Waals surface area contributed by atoms with Gasteiger partial charge in [-0.25, -0.2) is 0 Å². The largest absolute Gasteiger partial charge is 0.508 e. The molecule has 0 radical (unpaired) electrons. The molecule has 3 N–H and O–H groups in total. The summed E-state index contributed by atoms with van der Waals surface area (Å²) in [5, 5.41) is 22.0. The number of piperazine rings is 1. The van der Waals surface area contributed by atoms with Crippen molar-refractivity contribution >= 4 is 44.2 Å². The van der Waals surface area contributed by atoms with Crippen molar-refractivity contribution in [3.8, 4) is 11.5 Å². The maximum absolute atomic E-state index is 14.8. The molecule has 1 aromatic heterocycles. The van der Waals surface area contributed by atoms with Gasteiger partial charge in [-0.15, -0.1) is 0 Å². The third-order valence-electron chi connectivity index (χ3n) is 8.48. The van der Waals surface area contributed by atoms with Gasteiger partial charge in [0.2, 0.25) is 0 Å². The van der Waals surface area contributed by atoms with Crippen LogP contribution in [0, 0.1) is 0 Å². The van der Waals surface area contributed by atoms with E-state index >= 15 is 0 Å². The smallest absolute Gasteiger partial charge is 0.270 e. The van der Waals surface area contributed by atoms with Crippen LogP contribution in [-0.4, -0.2) is 96.5 Å². The Morgan fingerprint density at radius 2 is 1.33 bits per heavy atom. The molecular formula is C37H41ClN4O6S. The molecule has 10 nitrogen and oxygen atoms in total. The van der Waals surface area contributed by atoms with Crippen LogP contribution in [0.5, 0.6) is 11.5 Å². The molecule has 1 amide bonds. The number of fused-ring (bicyclic) bond motifs is 1. The van der Waals surface area contributed by atoms with E-state index in [1.807, 2.05) is 79.7 Å². The van der Waals surface area contributed by atoms with Crippen molar-refractivity contribution in [3.05, 3.63) is 124 Å². The number of para-hydroxylation sites is 2. The summed E-state index contributed by atoms with van der Waals surface area (Å²) in [5.41, 5.74) is 5.48.